The summed E-state index contributed by atoms with van der Waals surface area (Å²) in [7, 11) is 0. The van der Waals surface area contributed by atoms with Crippen LogP contribution >= 0.6 is 23.1 Å². The molecule has 3 atom stereocenters. The van der Waals surface area contributed by atoms with E-state index in [1.54, 1.807) is 24.3 Å². The highest BCUT2D eigenvalue weighted by atomic mass is 32.2. The van der Waals surface area contributed by atoms with Crippen LogP contribution in [-0.4, -0.2) is 21.7 Å². The highest BCUT2D eigenvalue weighted by Gasteiger charge is 2.55. The van der Waals surface area contributed by atoms with Crippen molar-refractivity contribution in [1.29, 1.82) is 0 Å². The van der Waals surface area contributed by atoms with Crippen molar-refractivity contribution < 1.29 is 19.4 Å². The topological polar surface area (TPSA) is 99.3 Å². The standard InChI is InChI=1S/C15H11NO5S2/c1-15(13(18)19)9-8(10-11(23-15)16-14(20)22-10)6-4-2-3-5-7(6)21-12(9)17/h2-5,8-9H,1H3,(H,16,20)(H,18,19)/p-1/t8-,9-,15-/m0/s1. The maximum absolute atomic E-state index is 12.5. The normalized spacial score (nSPS) is 28.3. The van der Waals surface area contributed by atoms with Gasteiger partial charge in [-0.2, -0.15) is 0 Å². The number of aromatic nitrogens is 1. The molecule has 2 aliphatic rings. The number of thioether (sulfide) groups is 1. The number of esters is 1. The molecular weight excluding hydrogens is 338 g/mol. The van der Waals surface area contributed by atoms with Crippen molar-refractivity contribution in [2.45, 2.75) is 22.6 Å². The van der Waals surface area contributed by atoms with Gasteiger partial charge in [0, 0.05) is 16.4 Å². The second-order valence-electron chi connectivity index (χ2n) is 5.62. The lowest BCUT2D eigenvalue weighted by molar-refractivity contribution is -0.310. The van der Waals surface area contributed by atoms with E-state index in [1.807, 2.05) is 0 Å². The number of hydrogen-bond acceptors (Lipinski definition) is 7. The van der Waals surface area contributed by atoms with Gasteiger partial charge >= 0.3 is 10.8 Å². The number of rotatable bonds is 1. The number of ether oxygens (including phenoxy) is 1. The molecule has 118 valence electrons. The van der Waals surface area contributed by atoms with Gasteiger partial charge in [0.05, 0.1) is 21.7 Å². The molecule has 6 nitrogen and oxygen atoms in total. The van der Waals surface area contributed by atoms with E-state index >= 15 is 0 Å². The van der Waals surface area contributed by atoms with Crippen molar-refractivity contribution in [3.8, 4) is 5.75 Å². The molecule has 0 radical (unpaired) electrons. The number of carbonyl (C=O) groups excluding carboxylic acids is 2. The van der Waals surface area contributed by atoms with Gasteiger partial charge in [-0.15, -0.1) is 0 Å². The summed E-state index contributed by atoms with van der Waals surface area (Å²) < 4.78 is 3.82. The van der Waals surface area contributed by atoms with Crippen LogP contribution in [-0.2, 0) is 9.59 Å². The van der Waals surface area contributed by atoms with Crippen LogP contribution in [0.3, 0.4) is 0 Å². The molecule has 0 fully saturated rings. The average Bonchev–Trinajstić information content (AvgIpc) is 2.86. The minimum atomic E-state index is -1.52. The van der Waals surface area contributed by atoms with Gasteiger partial charge < -0.3 is 19.6 Å². The number of carbonyl (C=O) groups is 2. The summed E-state index contributed by atoms with van der Waals surface area (Å²) in [5.41, 5.74) is 0.710. The first-order valence-corrected chi connectivity index (χ1v) is 8.49. The predicted molar refractivity (Wildman–Crippen MR) is 81.6 cm³/mol. The maximum atomic E-state index is 12.5. The third-order valence-corrected chi connectivity index (χ3v) is 6.75. The Morgan fingerprint density at radius 2 is 2.09 bits per heavy atom. The number of nitrogens with one attached hydrogen (secondary N) is 1. The molecule has 2 aliphatic heterocycles. The van der Waals surface area contributed by atoms with Gasteiger partial charge in [0.15, 0.2) is 0 Å². The Hall–Kier alpha value is -2.06. The first-order valence-electron chi connectivity index (χ1n) is 6.86. The van der Waals surface area contributed by atoms with Crippen LogP contribution in [0.1, 0.15) is 23.3 Å². The van der Waals surface area contributed by atoms with E-state index in [1.165, 1.54) is 6.92 Å². The SMILES string of the molecule is C[C@]1(C(=O)[O-])Sc2[nH]c(=O)sc2[C@H]2c3ccccc3OC(=O)[C@H]21. The number of aliphatic carboxylic acids is 1. The number of aromatic amines is 1. The van der Waals surface area contributed by atoms with Crippen molar-refractivity contribution in [3.05, 3.63) is 44.4 Å². The number of carboxylic acids is 1. The van der Waals surface area contributed by atoms with Crippen molar-refractivity contribution in [1.82, 2.24) is 4.98 Å². The molecule has 1 aromatic heterocycles. The molecule has 0 saturated carbocycles. The van der Waals surface area contributed by atoms with Crippen LogP contribution in [0.4, 0.5) is 0 Å². The summed E-state index contributed by atoms with van der Waals surface area (Å²) in [5.74, 6) is -3.05. The van der Waals surface area contributed by atoms with E-state index in [4.69, 9.17) is 4.74 Å². The van der Waals surface area contributed by atoms with Crippen molar-refractivity contribution in [2.75, 3.05) is 0 Å². The monoisotopic (exact) mass is 348 g/mol. The Morgan fingerprint density at radius 1 is 1.35 bits per heavy atom. The maximum Gasteiger partial charge on any atom is 0.317 e. The molecule has 0 saturated heterocycles. The highest BCUT2D eigenvalue weighted by Crippen LogP contribution is 2.57. The Morgan fingerprint density at radius 3 is 2.83 bits per heavy atom. The van der Waals surface area contributed by atoms with E-state index in [0.29, 0.717) is 21.2 Å². The quantitative estimate of drug-likeness (QED) is 0.602. The second kappa shape index (κ2) is 4.72. The highest BCUT2D eigenvalue weighted by molar-refractivity contribution is 8.01. The van der Waals surface area contributed by atoms with Crippen molar-refractivity contribution in [2.24, 2.45) is 5.92 Å². The Bertz CT molecular complexity index is 901. The van der Waals surface area contributed by atoms with E-state index in [-0.39, 0.29) is 4.87 Å². The van der Waals surface area contributed by atoms with Crippen LogP contribution in [0.15, 0.2) is 34.1 Å². The molecule has 0 amide bonds. The molecule has 3 heterocycles. The molecule has 0 spiro atoms. The molecule has 23 heavy (non-hydrogen) atoms. The zero-order valence-electron chi connectivity index (χ0n) is 11.8. The fraction of sp³-hybridized carbons (Fsp3) is 0.267. The lowest BCUT2D eigenvalue weighted by Crippen LogP contribution is -2.56. The van der Waals surface area contributed by atoms with E-state index in [9.17, 15) is 19.5 Å². The van der Waals surface area contributed by atoms with Gasteiger partial charge in [-0.1, -0.05) is 41.3 Å². The summed E-state index contributed by atoms with van der Waals surface area (Å²) in [6.07, 6.45) is 0. The first kappa shape index (κ1) is 14.5. The fourth-order valence-corrected chi connectivity index (χ4v) is 5.64. The lowest BCUT2D eigenvalue weighted by Gasteiger charge is -2.45. The van der Waals surface area contributed by atoms with Gasteiger partial charge in [-0.05, 0) is 13.0 Å². The number of para-hydroxylation sites is 1. The van der Waals surface area contributed by atoms with E-state index in [0.717, 1.165) is 23.1 Å². The second-order valence-corrected chi connectivity index (χ2v) is 8.09. The molecule has 0 bridgehead atoms. The van der Waals surface area contributed by atoms with Crippen LogP contribution in [0.25, 0.3) is 0 Å². The number of thiazole rings is 1. The predicted octanol–water partition coefficient (Wildman–Crippen LogP) is 0.718. The lowest BCUT2D eigenvalue weighted by atomic mass is 9.75. The van der Waals surface area contributed by atoms with Crippen molar-refractivity contribution in [3.63, 3.8) is 0 Å². The molecule has 8 heteroatoms. The van der Waals surface area contributed by atoms with Crippen LogP contribution in [0.2, 0.25) is 0 Å². The summed E-state index contributed by atoms with van der Waals surface area (Å²) >= 11 is 1.95. The summed E-state index contributed by atoms with van der Waals surface area (Å²) in [6.45, 7) is 1.44. The number of H-pyrrole nitrogens is 1. The molecule has 1 N–H and O–H groups in total. The summed E-state index contributed by atoms with van der Waals surface area (Å²) in [6, 6.07) is 6.99. The van der Waals surface area contributed by atoms with Gasteiger partial charge in [0.1, 0.15) is 5.75 Å². The smallest absolute Gasteiger partial charge is 0.317 e. The minimum absolute atomic E-state index is 0.278. The zero-order valence-corrected chi connectivity index (χ0v) is 13.5. The van der Waals surface area contributed by atoms with E-state index in [2.05, 4.69) is 4.98 Å². The van der Waals surface area contributed by atoms with Crippen molar-refractivity contribution >= 4 is 35.0 Å². The molecular formula is C15H10NO5S2-. The summed E-state index contributed by atoms with van der Waals surface area (Å²) in [5, 5.41) is 12.3. The average molecular weight is 348 g/mol. The van der Waals surface area contributed by atoms with Gasteiger partial charge in [-0.3, -0.25) is 9.59 Å². The zero-order chi connectivity index (χ0) is 16.4. The Kier molecular flexibility index (Phi) is 2.98. The van der Waals surface area contributed by atoms with Gasteiger partial charge in [0.25, 0.3) is 0 Å². The van der Waals surface area contributed by atoms with Gasteiger partial charge in [-0.25, -0.2) is 0 Å². The van der Waals surface area contributed by atoms with Gasteiger partial charge in [0.2, 0.25) is 0 Å². The number of carboxylic acid groups (broad SMARTS) is 1. The molecule has 1 aromatic carbocycles. The number of fused-ring (bicyclic) bond motifs is 5. The van der Waals surface area contributed by atoms with Crippen LogP contribution in [0.5, 0.6) is 5.75 Å². The minimum Gasteiger partial charge on any atom is -0.549 e. The Labute approximate surface area is 138 Å². The first-order chi connectivity index (χ1) is 10.9. The van der Waals surface area contributed by atoms with Crippen LogP contribution in [0, 0.1) is 5.92 Å². The molecule has 0 aliphatic carbocycles. The molecule has 2 aromatic rings. The summed E-state index contributed by atoms with van der Waals surface area (Å²) in [4.78, 5) is 39.1. The van der Waals surface area contributed by atoms with Crippen LogP contribution < -0.4 is 14.7 Å². The fourth-order valence-electron chi connectivity index (χ4n) is 3.20. The third kappa shape index (κ3) is 1.91. The van der Waals surface area contributed by atoms with E-state index < -0.39 is 28.5 Å². The molecule has 4 rings (SSSR count). The third-order valence-electron chi connectivity index (χ3n) is 4.29. The Balaban J connectivity index is 2.03. The number of hydrogen-bond donors (Lipinski definition) is 1. The number of benzene rings is 1. The largest absolute Gasteiger partial charge is 0.549 e. The molecule has 0 unspecified atom stereocenters.